The molecule has 2 aromatic rings. The van der Waals surface area contributed by atoms with E-state index < -0.39 is 5.97 Å². The molecule has 0 radical (unpaired) electrons. The summed E-state index contributed by atoms with van der Waals surface area (Å²) in [4.78, 5) is 10.7. The normalized spacial score (nSPS) is 12.9. The molecule has 2 heteroatoms. The largest absolute Gasteiger partial charge is 0.481 e. The minimum Gasteiger partial charge on any atom is -0.481 e. The second-order valence-electron chi connectivity index (χ2n) is 4.75. The molecule has 94 valence electrons. The second kappa shape index (κ2) is 4.73. The van der Waals surface area contributed by atoms with Crippen LogP contribution in [-0.4, -0.2) is 11.1 Å². The van der Waals surface area contributed by atoms with Crippen molar-refractivity contribution < 1.29 is 9.90 Å². The third-order valence-electron chi connectivity index (χ3n) is 3.43. The highest BCUT2D eigenvalue weighted by atomic mass is 16.4. The summed E-state index contributed by atoms with van der Waals surface area (Å²) in [6, 6.07) is 16.2. The van der Waals surface area contributed by atoms with Crippen LogP contribution >= 0.6 is 0 Å². The van der Waals surface area contributed by atoms with E-state index >= 15 is 0 Å². The van der Waals surface area contributed by atoms with Crippen molar-refractivity contribution in [2.45, 2.75) is 12.8 Å². The summed E-state index contributed by atoms with van der Waals surface area (Å²) in [6.07, 6.45) is 3.19. The van der Waals surface area contributed by atoms with Gasteiger partial charge in [-0.3, -0.25) is 4.79 Å². The smallest absolute Gasteiger partial charge is 0.307 e. The predicted molar refractivity (Wildman–Crippen MR) is 75.0 cm³/mol. The number of rotatable bonds is 3. The van der Waals surface area contributed by atoms with Crippen LogP contribution in [0.5, 0.6) is 0 Å². The van der Waals surface area contributed by atoms with Gasteiger partial charge in [-0.25, -0.2) is 0 Å². The van der Waals surface area contributed by atoms with E-state index in [9.17, 15) is 4.79 Å². The van der Waals surface area contributed by atoms with Gasteiger partial charge in [0.2, 0.25) is 0 Å². The molecule has 0 atom stereocenters. The van der Waals surface area contributed by atoms with Crippen LogP contribution < -0.4 is 0 Å². The molecule has 0 spiro atoms. The number of carbonyl (C=O) groups is 1. The Morgan fingerprint density at radius 2 is 1.89 bits per heavy atom. The fraction of sp³-hybridized carbons (Fsp3) is 0.118. The molecule has 2 aromatic carbocycles. The van der Waals surface area contributed by atoms with Gasteiger partial charge >= 0.3 is 5.97 Å². The molecule has 0 heterocycles. The highest BCUT2D eigenvalue weighted by molar-refractivity contribution is 5.85. The van der Waals surface area contributed by atoms with Crippen LogP contribution in [0.25, 0.3) is 5.57 Å². The van der Waals surface area contributed by atoms with Gasteiger partial charge in [0.15, 0.2) is 0 Å². The van der Waals surface area contributed by atoms with Gasteiger partial charge in [-0.15, -0.1) is 0 Å². The van der Waals surface area contributed by atoms with E-state index in [1.54, 1.807) is 0 Å². The molecule has 3 rings (SSSR count). The second-order valence-corrected chi connectivity index (χ2v) is 4.75. The molecule has 0 unspecified atom stereocenters. The fourth-order valence-corrected chi connectivity index (χ4v) is 2.58. The van der Waals surface area contributed by atoms with Crippen molar-refractivity contribution in [1.29, 1.82) is 0 Å². The molecule has 0 fully saturated rings. The van der Waals surface area contributed by atoms with E-state index in [1.165, 1.54) is 22.3 Å². The summed E-state index contributed by atoms with van der Waals surface area (Å²) in [7, 11) is 0. The van der Waals surface area contributed by atoms with Gasteiger partial charge in [0, 0.05) is 0 Å². The minimum atomic E-state index is -0.783. The molecule has 2 nitrogen and oxygen atoms in total. The average molecular weight is 250 g/mol. The van der Waals surface area contributed by atoms with Gasteiger partial charge in [0.25, 0.3) is 0 Å². The Bertz CT molecular complexity index is 654. The molecule has 19 heavy (non-hydrogen) atoms. The maximum Gasteiger partial charge on any atom is 0.307 e. The Morgan fingerprint density at radius 3 is 2.63 bits per heavy atom. The molecule has 0 saturated carbocycles. The zero-order chi connectivity index (χ0) is 13.2. The predicted octanol–water partition coefficient (Wildman–Crippen LogP) is 3.30. The summed E-state index contributed by atoms with van der Waals surface area (Å²) in [5.41, 5.74) is 5.77. The third-order valence-corrected chi connectivity index (χ3v) is 3.43. The number of carboxylic acid groups (broad SMARTS) is 1. The SMILES string of the molecule is O=C(O)Cc1ccc2c(c1)CC=C2c1ccccc1. The molecule has 0 saturated heterocycles. The van der Waals surface area contributed by atoms with Gasteiger partial charge in [0.05, 0.1) is 6.42 Å². The zero-order valence-corrected chi connectivity index (χ0v) is 10.5. The van der Waals surface area contributed by atoms with Gasteiger partial charge in [-0.1, -0.05) is 54.6 Å². The van der Waals surface area contributed by atoms with E-state index in [1.807, 2.05) is 36.4 Å². The lowest BCUT2D eigenvalue weighted by molar-refractivity contribution is -0.136. The molecule has 1 aliphatic rings. The molecular formula is C17H14O2. The van der Waals surface area contributed by atoms with E-state index in [-0.39, 0.29) is 6.42 Å². The van der Waals surface area contributed by atoms with Gasteiger partial charge in [-0.05, 0) is 34.2 Å². The Balaban J connectivity index is 1.95. The van der Waals surface area contributed by atoms with Gasteiger partial charge < -0.3 is 5.11 Å². The van der Waals surface area contributed by atoms with Crippen molar-refractivity contribution >= 4 is 11.5 Å². The van der Waals surface area contributed by atoms with Crippen LogP contribution in [0.4, 0.5) is 0 Å². The first kappa shape index (κ1) is 11.7. The quantitative estimate of drug-likeness (QED) is 0.907. The lowest BCUT2D eigenvalue weighted by Crippen LogP contribution is -2.00. The number of fused-ring (bicyclic) bond motifs is 1. The Morgan fingerprint density at radius 1 is 1.11 bits per heavy atom. The molecule has 0 aromatic heterocycles. The Labute approximate surface area is 112 Å². The van der Waals surface area contributed by atoms with Gasteiger partial charge in [-0.2, -0.15) is 0 Å². The van der Waals surface area contributed by atoms with Crippen molar-refractivity contribution in [2.75, 3.05) is 0 Å². The van der Waals surface area contributed by atoms with Crippen LogP contribution in [0.1, 0.15) is 22.3 Å². The van der Waals surface area contributed by atoms with Crippen molar-refractivity contribution in [3.63, 3.8) is 0 Å². The molecule has 0 bridgehead atoms. The first-order valence-electron chi connectivity index (χ1n) is 6.33. The number of allylic oxidation sites excluding steroid dienone is 1. The van der Waals surface area contributed by atoms with Crippen LogP contribution in [-0.2, 0) is 17.6 Å². The zero-order valence-electron chi connectivity index (χ0n) is 10.5. The molecule has 0 amide bonds. The fourth-order valence-electron chi connectivity index (χ4n) is 2.58. The average Bonchev–Trinajstić information content (AvgIpc) is 2.82. The summed E-state index contributed by atoms with van der Waals surface area (Å²) in [5, 5.41) is 8.83. The monoisotopic (exact) mass is 250 g/mol. The number of aliphatic carboxylic acids is 1. The van der Waals surface area contributed by atoms with Crippen LogP contribution in [0.3, 0.4) is 0 Å². The summed E-state index contributed by atoms with van der Waals surface area (Å²) >= 11 is 0. The van der Waals surface area contributed by atoms with E-state index in [4.69, 9.17) is 5.11 Å². The Hall–Kier alpha value is -2.35. The van der Waals surface area contributed by atoms with Gasteiger partial charge in [0.1, 0.15) is 0 Å². The lowest BCUT2D eigenvalue weighted by Gasteiger charge is -2.07. The van der Waals surface area contributed by atoms with E-state index in [0.717, 1.165) is 12.0 Å². The van der Waals surface area contributed by atoms with Crippen molar-refractivity contribution in [3.05, 3.63) is 76.9 Å². The van der Waals surface area contributed by atoms with Crippen LogP contribution in [0.2, 0.25) is 0 Å². The maximum atomic E-state index is 10.7. The molecular weight excluding hydrogens is 236 g/mol. The molecule has 1 N–H and O–H groups in total. The van der Waals surface area contributed by atoms with Crippen molar-refractivity contribution in [2.24, 2.45) is 0 Å². The van der Waals surface area contributed by atoms with Crippen LogP contribution in [0.15, 0.2) is 54.6 Å². The third kappa shape index (κ3) is 2.29. The summed E-state index contributed by atoms with van der Waals surface area (Å²) in [6.45, 7) is 0. The highest BCUT2D eigenvalue weighted by Crippen LogP contribution is 2.33. The summed E-state index contributed by atoms with van der Waals surface area (Å²) in [5.74, 6) is -0.783. The standard InChI is InChI=1S/C17H14O2/c18-17(19)11-12-6-8-16-14(10-12)7-9-15(16)13-4-2-1-3-5-13/h1-6,8-10H,7,11H2,(H,18,19). The minimum absolute atomic E-state index is 0.0912. The topological polar surface area (TPSA) is 37.3 Å². The number of carboxylic acids is 1. The maximum absolute atomic E-state index is 10.7. The van der Waals surface area contributed by atoms with E-state index in [0.29, 0.717) is 0 Å². The summed E-state index contributed by atoms with van der Waals surface area (Å²) < 4.78 is 0. The first-order chi connectivity index (χ1) is 9.24. The van der Waals surface area contributed by atoms with Crippen molar-refractivity contribution in [3.8, 4) is 0 Å². The van der Waals surface area contributed by atoms with Crippen molar-refractivity contribution in [1.82, 2.24) is 0 Å². The van der Waals surface area contributed by atoms with E-state index in [2.05, 4.69) is 18.2 Å². The molecule has 0 aliphatic heterocycles. The highest BCUT2D eigenvalue weighted by Gasteiger charge is 2.16. The number of hydrogen-bond donors (Lipinski definition) is 1. The first-order valence-corrected chi connectivity index (χ1v) is 6.33. The lowest BCUT2D eigenvalue weighted by atomic mass is 9.97. The number of benzene rings is 2. The van der Waals surface area contributed by atoms with Crippen LogP contribution in [0, 0.1) is 0 Å². The molecule has 1 aliphatic carbocycles. The number of hydrogen-bond acceptors (Lipinski definition) is 1. The Kier molecular flexibility index (Phi) is 2.92.